The van der Waals surface area contributed by atoms with Gasteiger partial charge < -0.3 is 19.9 Å². The highest BCUT2D eigenvalue weighted by Crippen LogP contribution is 2.37. The van der Waals surface area contributed by atoms with Crippen molar-refractivity contribution >= 4 is 26.7 Å². The lowest BCUT2D eigenvalue weighted by molar-refractivity contribution is 0.174. The van der Waals surface area contributed by atoms with Crippen LogP contribution < -0.4 is 19.9 Å². The molecular formula is C14H10N2O3S. The van der Waals surface area contributed by atoms with Crippen molar-refractivity contribution < 1.29 is 14.2 Å². The normalized spacial score (nSPS) is 12.8. The predicted molar refractivity (Wildman–Crippen MR) is 76.7 cm³/mol. The molecule has 20 heavy (non-hydrogen) atoms. The largest absolute Gasteiger partial charge is 0.457 e. The van der Waals surface area contributed by atoms with Crippen LogP contribution in [0.25, 0.3) is 10.2 Å². The van der Waals surface area contributed by atoms with E-state index in [0.29, 0.717) is 16.6 Å². The van der Waals surface area contributed by atoms with Crippen LogP contribution in [-0.2, 0) is 0 Å². The number of thiazole rings is 1. The Hall–Kier alpha value is -2.47. The summed E-state index contributed by atoms with van der Waals surface area (Å²) in [5, 5.41) is 0.556. The zero-order valence-electron chi connectivity index (χ0n) is 10.3. The molecule has 0 saturated heterocycles. The second kappa shape index (κ2) is 4.28. The number of benzene rings is 2. The summed E-state index contributed by atoms with van der Waals surface area (Å²) in [5.41, 5.74) is 6.57. The van der Waals surface area contributed by atoms with Gasteiger partial charge in [-0.2, -0.15) is 0 Å². The van der Waals surface area contributed by atoms with Crippen molar-refractivity contribution in [3.05, 3.63) is 36.4 Å². The number of fused-ring (bicyclic) bond motifs is 2. The maximum absolute atomic E-state index is 5.82. The van der Waals surface area contributed by atoms with Crippen molar-refractivity contribution in [1.29, 1.82) is 0 Å². The molecule has 1 aromatic heterocycles. The van der Waals surface area contributed by atoms with E-state index in [2.05, 4.69) is 4.98 Å². The lowest BCUT2D eigenvalue weighted by Gasteiger charge is -2.06. The summed E-state index contributed by atoms with van der Waals surface area (Å²) in [4.78, 5) is 4.21. The van der Waals surface area contributed by atoms with Crippen LogP contribution >= 0.6 is 11.3 Å². The van der Waals surface area contributed by atoms with Crippen molar-refractivity contribution in [1.82, 2.24) is 4.98 Å². The number of nitrogens with two attached hydrogens (primary N) is 1. The molecule has 4 rings (SSSR count). The molecule has 0 spiro atoms. The van der Waals surface area contributed by atoms with Crippen LogP contribution in [0.3, 0.4) is 0 Å². The molecule has 2 aromatic carbocycles. The maximum atomic E-state index is 5.82. The fourth-order valence-electron chi connectivity index (χ4n) is 2.06. The van der Waals surface area contributed by atoms with Crippen LogP contribution in [0, 0.1) is 0 Å². The van der Waals surface area contributed by atoms with Gasteiger partial charge in [0.1, 0.15) is 11.5 Å². The molecule has 0 saturated carbocycles. The number of anilines is 1. The van der Waals surface area contributed by atoms with Gasteiger partial charge in [-0.3, -0.25) is 0 Å². The van der Waals surface area contributed by atoms with Gasteiger partial charge in [0.25, 0.3) is 0 Å². The zero-order valence-corrected chi connectivity index (χ0v) is 11.1. The minimum Gasteiger partial charge on any atom is -0.457 e. The van der Waals surface area contributed by atoms with Gasteiger partial charge in [-0.15, -0.1) is 0 Å². The molecule has 5 nitrogen and oxygen atoms in total. The Kier molecular flexibility index (Phi) is 2.43. The van der Waals surface area contributed by atoms with E-state index in [1.807, 2.05) is 36.4 Å². The van der Waals surface area contributed by atoms with Gasteiger partial charge in [0.2, 0.25) is 6.79 Å². The van der Waals surface area contributed by atoms with E-state index in [9.17, 15) is 0 Å². The summed E-state index contributed by atoms with van der Waals surface area (Å²) < 4.78 is 17.4. The average molecular weight is 286 g/mol. The summed E-state index contributed by atoms with van der Waals surface area (Å²) in [6.45, 7) is 0.255. The van der Waals surface area contributed by atoms with Crippen molar-refractivity contribution in [2.24, 2.45) is 0 Å². The van der Waals surface area contributed by atoms with Crippen LogP contribution in [-0.4, -0.2) is 11.8 Å². The highest BCUT2D eigenvalue weighted by atomic mass is 32.1. The summed E-state index contributed by atoms with van der Waals surface area (Å²) in [6, 6.07) is 11.2. The molecule has 0 bridgehead atoms. The van der Waals surface area contributed by atoms with Crippen LogP contribution in [0.15, 0.2) is 36.4 Å². The number of nitrogen functional groups attached to an aromatic ring is 1. The number of hydrogen-bond donors (Lipinski definition) is 1. The monoisotopic (exact) mass is 286 g/mol. The average Bonchev–Trinajstić information content (AvgIpc) is 3.02. The van der Waals surface area contributed by atoms with E-state index in [4.69, 9.17) is 19.9 Å². The number of rotatable bonds is 2. The third-order valence-electron chi connectivity index (χ3n) is 2.96. The quantitative estimate of drug-likeness (QED) is 0.782. The number of aromatic nitrogens is 1. The fraction of sp³-hybridized carbons (Fsp3) is 0.0714. The predicted octanol–water partition coefficient (Wildman–Crippen LogP) is 3.40. The Morgan fingerprint density at radius 2 is 1.85 bits per heavy atom. The number of ether oxygens (including phenoxy) is 3. The van der Waals surface area contributed by atoms with Crippen molar-refractivity contribution in [3.8, 4) is 23.0 Å². The molecule has 1 aliphatic rings. The van der Waals surface area contributed by atoms with E-state index < -0.39 is 0 Å². The number of hydrogen-bond acceptors (Lipinski definition) is 6. The third kappa shape index (κ3) is 1.90. The summed E-state index contributed by atoms with van der Waals surface area (Å²) in [7, 11) is 0. The minimum atomic E-state index is 0.255. The molecule has 0 fully saturated rings. The van der Waals surface area contributed by atoms with Crippen LogP contribution in [0.5, 0.6) is 23.0 Å². The molecule has 0 radical (unpaired) electrons. The van der Waals surface area contributed by atoms with E-state index in [1.54, 1.807) is 0 Å². The Morgan fingerprint density at radius 3 is 2.80 bits per heavy atom. The lowest BCUT2D eigenvalue weighted by atomic mass is 10.3. The summed E-state index contributed by atoms with van der Waals surface area (Å²) >= 11 is 1.44. The van der Waals surface area contributed by atoms with Crippen molar-refractivity contribution in [2.75, 3.05) is 12.5 Å². The molecule has 0 unspecified atom stereocenters. The zero-order chi connectivity index (χ0) is 13.5. The van der Waals surface area contributed by atoms with E-state index in [0.717, 1.165) is 21.7 Å². The molecule has 0 atom stereocenters. The number of nitrogens with zero attached hydrogens (tertiary/aromatic N) is 1. The van der Waals surface area contributed by atoms with Crippen molar-refractivity contribution in [3.63, 3.8) is 0 Å². The summed E-state index contributed by atoms with van der Waals surface area (Å²) in [6.07, 6.45) is 0. The van der Waals surface area contributed by atoms with Gasteiger partial charge in [-0.1, -0.05) is 11.3 Å². The molecule has 100 valence electrons. The fourth-order valence-corrected chi connectivity index (χ4v) is 2.83. The van der Waals surface area contributed by atoms with E-state index in [-0.39, 0.29) is 6.79 Å². The topological polar surface area (TPSA) is 66.6 Å². The van der Waals surface area contributed by atoms with Gasteiger partial charge in [-0.05, 0) is 24.3 Å². The SMILES string of the molecule is Nc1nc2ccc(Oc3ccc4c(c3)OCO4)cc2s1. The van der Waals surface area contributed by atoms with Crippen LogP contribution in [0.2, 0.25) is 0 Å². The van der Waals surface area contributed by atoms with Gasteiger partial charge >= 0.3 is 0 Å². The molecule has 0 amide bonds. The second-order valence-electron chi connectivity index (χ2n) is 4.30. The Labute approximate surface area is 118 Å². The molecule has 3 aromatic rings. The molecule has 1 aliphatic heterocycles. The van der Waals surface area contributed by atoms with Gasteiger partial charge in [-0.25, -0.2) is 4.98 Å². The first-order valence-corrected chi connectivity index (χ1v) is 6.83. The van der Waals surface area contributed by atoms with E-state index in [1.165, 1.54) is 11.3 Å². The smallest absolute Gasteiger partial charge is 0.231 e. The van der Waals surface area contributed by atoms with Gasteiger partial charge in [0.15, 0.2) is 16.6 Å². The Balaban J connectivity index is 1.66. The molecule has 6 heteroatoms. The first-order chi connectivity index (χ1) is 9.78. The third-order valence-corrected chi connectivity index (χ3v) is 3.80. The van der Waals surface area contributed by atoms with Crippen molar-refractivity contribution in [2.45, 2.75) is 0 Å². The Morgan fingerprint density at radius 1 is 1.05 bits per heavy atom. The van der Waals surface area contributed by atoms with Gasteiger partial charge in [0.05, 0.1) is 10.2 Å². The molecular weight excluding hydrogens is 276 g/mol. The molecule has 2 N–H and O–H groups in total. The van der Waals surface area contributed by atoms with Crippen LogP contribution in [0.4, 0.5) is 5.13 Å². The minimum absolute atomic E-state index is 0.255. The highest BCUT2D eigenvalue weighted by Gasteiger charge is 2.14. The first kappa shape index (κ1) is 11.4. The van der Waals surface area contributed by atoms with Gasteiger partial charge in [0, 0.05) is 12.1 Å². The Bertz CT molecular complexity index is 800. The summed E-state index contributed by atoms with van der Waals surface area (Å²) in [5.74, 6) is 2.87. The van der Waals surface area contributed by atoms with Crippen LogP contribution in [0.1, 0.15) is 0 Å². The lowest BCUT2D eigenvalue weighted by Crippen LogP contribution is -1.92. The molecule has 0 aliphatic carbocycles. The second-order valence-corrected chi connectivity index (χ2v) is 5.36. The van der Waals surface area contributed by atoms with E-state index >= 15 is 0 Å². The maximum Gasteiger partial charge on any atom is 0.231 e. The standard InChI is InChI=1S/C14H10N2O3S/c15-14-16-10-3-1-9(6-13(10)20-14)19-8-2-4-11-12(5-8)18-7-17-11/h1-6H,7H2,(H2,15,16). The molecule has 2 heterocycles. The first-order valence-electron chi connectivity index (χ1n) is 6.01. The highest BCUT2D eigenvalue weighted by molar-refractivity contribution is 7.22.